The molecule has 8 heteroatoms. The van der Waals surface area contributed by atoms with Crippen molar-refractivity contribution in [2.45, 2.75) is 31.9 Å². The normalized spacial score (nSPS) is 26.7. The molecule has 6 nitrogen and oxygen atoms in total. The molecule has 2 aromatic rings. The molecule has 2 aliphatic heterocycles. The molecule has 1 N–H and O–H groups in total. The van der Waals surface area contributed by atoms with Crippen molar-refractivity contribution in [3.63, 3.8) is 0 Å². The van der Waals surface area contributed by atoms with Gasteiger partial charge in [0.15, 0.2) is 0 Å². The summed E-state index contributed by atoms with van der Waals surface area (Å²) < 4.78 is 6.25. The van der Waals surface area contributed by atoms with Crippen molar-refractivity contribution in [1.29, 1.82) is 0 Å². The molecule has 0 radical (unpaired) electrons. The van der Waals surface area contributed by atoms with Crippen molar-refractivity contribution < 1.29 is 9.53 Å². The van der Waals surface area contributed by atoms with E-state index in [9.17, 15) is 4.79 Å². The summed E-state index contributed by atoms with van der Waals surface area (Å²) in [6.45, 7) is 3.10. The maximum Gasteiger partial charge on any atom is 0.263 e. The lowest BCUT2D eigenvalue weighted by atomic mass is 9.98. The van der Waals surface area contributed by atoms with Crippen molar-refractivity contribution in [2.75, 3.05) is 25.0 Å². The number of halogens is 1. The lowest BCUT2D eigenvalue weighted by molar-refractivity contribution is 0.0784. The summed E-state index contributed by atoms with van der Waals surface area (Å²) in [5.41, 5.74) is 1.20. The number of ether oxygens (including phenoxy) is 1. The van der Waals surface area contributed by atoms with Gasteiger partial charge >= 0.3 is 0 Å². The quantitative estimate of drug-likeness (QED) is 0.779. The standard InChI is InChI=1S/C19H21BrN4O2S/c20-17-3-4-18(23-22-17)21-14-2-1-11-8-24(9-13(11)14)19(25)16-7-12-10-26-6-5-15(12)27-16/h3-4,7,11,13-14H,1-2,5-6,8-10H2,(H,21,23)/t11-,13+,14+/m0/s1. The predicted molar refractivity (Wildman–Crippen MR) is 107 cm³/mol. The first-order valence-corrected chi connectivity index (χ1v) is 11.0. The monoisotopic (exact) mass is 448 g/mol. The molecule has 0 unspecified atom stereocenters. The van der Waals surface area contributed by atoms with Crippen LogP contribution in [0, 0.1) is 11.8 Å². The predicted octanol–water partition coefficient (Wildman–Crippen LogP) is 3.34. The number of rotatable bonds is 3. The van der Waals surface area contributed by atoms with E-state index in [0.29, 0.717) is 24.5 Å². The Bertz CT molecular complexity index is 832. The molecular formula is C19H21BrN4O2S. The molecule has 5 rings (SSSR count). The molecule has 1 saturated heterocycles. The van der Waals surface area contributed by atoms with Gasteiger partial charge in [-0.2, -0.15) is 0 Å². The molecule has 3 aliphatic rings. The number of nitrogens with one attached hydrogen (secondary N) is 1. The molecule has 0 bridgehead atoms. The summed E-state index contributed by atoms with van der Waals surface area (Å²) in [5, 5.41) is 11.8. The number of carbonyl (C=O) groups is 1. The van der Waals surface area contributed by atoms with E-state index in [2.05, 4.69) is 36.3 Å². The van der Waals surface area contributed by atoms with Gasteiger partial charge in [-0.05, 0) is 58.5 Å². The first-order valence-electron chi connectivity index (χ1n) is 9.42. The molecule has 0 spiro atoms. The second kappa shape index (κ2) is 7.14. The molecule has 0 aromatic carbocycles. The number of thiophene rings is 1. The maximum absolute atomic E-state index is 13.0. The smallest absolute Gasteiger partial charge is 0.263 e. The van der Waals surface area contributed by atoms with E-state index in [4.69, 9.17) is 4.74 Å². The zero-order chi connectivity index (χ0) is 18.4. The summed E-state index contributed by atoms with van der Waals surface area (Å²) in [5.74, 6) is 2.05. The number of likely N-dealkylation sites (tertiary alicyclic amines) is 1. The number of hydrogen-bond acceptors (Lipinski definition) is 6. The Labute approximate surface area is 170 Å². The van der Waals surface area contributed by atoms with Crippen LogP contribution in [0.2, 0.25) is 0 Å². The Balaban J connectivity index is 1.27. The fourth-order valence-electron chi connectivity index (χ4n) is 4.60. The Morgan fingerprint density at radius 1 is 1.30 bits per heavy atom. The van der Waals surface area contributed by atoms with Crippen molar-refractivity contribution in [2.24, 2.45) is 11.8 Å². The minimum atomic E-state index is 0.186. The lowest BCUT2D eigenvalue weighted by Crippen LogP contribution is -2.33. The van der Waals surface area contributed by atoms with Crippen LogP contribution in [0.15, 0.2) is 22.8 Å². The zero-order valence-electron chi connectivity index (χ0n) is 14.9. The van der Waals surface area contributed by atoms with Crippen LogP contribution in [0.4, 0.5) is 5.82 Å². The van der Waals surface area contributed by atoms with Crippen molar-refractivity contribution in [1.82, 2.24) is 15.1 Å². The SMILES string of the molecule is O=C(c1cc2c(s1)CCOC2)N1C[C@@H]2CC[C@@H](Nc3ccc(Br)nn3)[C@@H]2C1. The average Bonchev–Trinajstić information content (AvgIpc) is 3.38. The van der Waals surface area contributed by atoms with Gasteiger partial charge in [0.2, 0.25) is 0 Å². The Hall–Kier alpha value is -1.51. The molecule has 1 saturated carbocycles. The van der Waals surface area contributed by atoms with Gasteiger partial charge in [0.25, 0.3) is 5.91 Å². The van der Waals surface area contributed by atoms with Gasteiger partial charge in [-0.3, -0.25) is 4.79 Å². The van der Waals surface area contributed by atoms with Crippen LogP contribution in [0.5, 0.6) is 0 Å². The Morgan fingerprint density at radius 2 is 2.22 bits per heavy atom. The summed E-state index contributed by atoms with van der Waals surface area (Å²) in [7, 11) is 0. The van der Waals surface area contributed by atoms with Gasteiger partial charge in [0, 0.05) is 36.3 Å². The zero-order valence-corrected chi connectivity index (χ0v) is 17.3. The highest BCUT2D eigenvalue weighted by molar-refractivity contribution is 9.10. The van der Waals surface area contributed by atoms with E-state index in [1.54, 1.807) is 11.3 Å². The largest absolute Gasteiger partial charge is 0.376 e. The van der Waals surface area contributed by atoms with Crippen LogP contribution in [0.3, 0.4) is 0 Å². The second-order valence-electron chi connectivity index (χ2n) is 7.57. The highest BCUT2D eigenvalue weighted by atomic mass is 79.9. The molecule has 1 amide bonds. The third kappa shape index (κ3) is 3.39. The Kier molecular flexibility index (Phi) is 4.65. The van der Waals surface area contributed by atoms with Crippen LogP contribution in [0.25, 0.3) is 0 Å². The van der Waals surface area contributed by atoms with Gasteiger partial charge in [-0.25, -0.2) is 0 Å². The topological polar surface area (TPSA) is 67.3 Å². The fourth-order valence-corrected chi connectivity index (χ4v) is 5.93. The van der Waals surface area contributed by atoms with Crippen LogP contribution >= 0.6 is 27.3 Å². The van der Waals surface area contributed by atoms with Crippen LogP contribution in [-0.4, -0.2) is 46.7 Å². The third-order valence-electron chi connectivity index (χ3n) is 5.95. The van der Waals surface area contributed by atoms with Gasteiger partial charge in [0.1, 0.15) is 10.4 Å². The average molecular weight is 449 g/mol. The highest BCUT2D eigenvalue weighted by Gasteiger charge is 2.44. The van der Waals surface area contributed by atoms with Crippen molar-refractivity contribution in [3.8, 4) is 0 Å². The first-order chi connectivity index (χ1) is 13.2. The summed E-state index contributed by atoms with van der Waals surface area (Å²) in [6.07, 6.45) is 3.21. The van der Waals surface area contributed by atoms with E-state index in [-0.39, 0.29) is 5.91 Å². The van der Waals surface area contributed by atoms with E-state index >= 15 is 0 Å². The molecule has 27 heavy (non-hydrogen) atoms. The van der Waals surface area contributed by atoms with E-state index in [1.165, 1.54) is 10.4 Å². The number of fused-ring (bicyclic) bond motifs is 2. The molecule has 3 atom stereocenters. The van der Waals surface area contributed by atoms with E-state index < -0.39 is 0 Å². The fraction of sp³-hybridized carbons (Fsp3) is 0.526. The van der Waals surface area contributed by atoms with Gasteiger partial charge in [-0.15, -0.1) is 21.5 Å². The van der Waals surface area contributed by atoms with Crippen LogP contribution in [-0.2, 0) is 17.8 Å². The lowest BCUT2D eigenvalue weighted by Gasteiger charge is -2.21. The molecule has 2 fully saturated rings. The number of amides is 1. The minimum absolute atomic E-state index is 0.186. The Morgan fingerprint density at radius 3 is 3.04 bits per heavy atom. The van der Waals surface area contributed by atoms with Crippen molar-refractivity contribution in [3.05, 3.63) is 38.1 Å². The van der Waals surface area contributed by atoms with Crippen molar-refractivity contribution >= 4 is 39.0 Å². The van der Waals surface area contributed by atoms with Gasteiger partial charge in [-0.1, -0.05) is 0 Å². The third-order valence-corrected chi connectivity index (χ3v) is 7.60. The van der Waals surface area contributed by atoms with Crippen LogP contribution in [0.1, 0.15) is 33.0 Å². The highest BCUT2D eigenvalue weighted by Crippen LogP contribution is 2.40. The van der Waals surface area contributed by atoms with Gasteiger partial charge in [0.05, 0.1) is 18.1 Å². The first kappa shape index (κ1) is 17.6. The summed E-state index contributed by atoms with van der Waals surface area (Å²) in [4.78, 5) is 17.3. The molecule has 2 aromatic heterocycles. The number of aromatic nitrogens is 2. The van der Waals surface area contributed by atoms with E-state index in [1.807, 2.05) is 18.2 Å². The summed E-state index contributed by atoms with van der Waals surface area (Å²) in [6, 6.07) is 6.24. The number of nitrogens with zero attached hydrogens (tertiary/aromatic N) is 3. The maximum atomic E-state index is 13.0. The number of anilines is 1. The molecule has 142 valence electrons. The van der Waals surface area contributed by atoms with E-state index in [0.717, 1.165) is 54.3 Å². The molecular weight excluding hydrogens is 428 g/mol. The minimum Gasteiger partial charge on any atom is -0.376 e. The number of hydrogen-bond donors (Lipinski definition) is 1. The van der Waals surface area contributed by atoms with Crippen LogP contribution < -0.4 is 5.32 Å². The van der Waals surface area contributed by atoms with Gasteiger partial charge < -0.3 is 15.0 Å². The second-order valence-corrected chi connectivity index (χ2v) is 9.51. The summed E-state index contributed by atoms with van der Waals surface area (Å²) >= 11 is 4.97. The molecule has 4 heterocycles. The molecule has 1 aliphatic carbocycles. The number of carbonyl (C=O) groups excluding carboxylic acids is 1.